The number of ether oxygens (including phenoxy) is 1. The normalized spacial score (nSPS) is 14.9. The van der Waals surface area contributed by atoms with Crippen molar-refractivity contribution in [3.8, 4) is 5.75 Å². The summed E-state index contributed by atoms with van der Waals surface area (Å²) in [6.45, 7) is 4.83. The molecule has 1 heterocycles. The highest BCUT2D eigenvalue weighted by molar-refractivity contribution is 6.09. The molecule has 1 aromatic rings. The lowest BCUT2D eigenvalue weighted by atomic mass is 9.90. The fourth-order valence-corrected chi connectivity index (χ4v) is 2.40. The summed E-state index contributed by atoms with van der Waals surface area (Å²) in [4.78, 5) is 26.7. The van der Waals surface area contributed by atoms with Crippen molar-refractivity contribution in [1.82, 2.24) is 4.90 Å². The second-order valence-corrected chi connectivity index (χ2v) is 5.81. The predicted molar refractivity (Wildman–Crippen MR) is 81.2 cm³/mol. The molecule has 0 aliphatic carbocycles. The highest BCUT2D eigenvalue weighted by Crippen LogP contribution is 2.25. The van der Waals surface area contributed by atoms with E-state index in [1.807, 2.05) is 0 Å². The highest BCUT2D eigenvalue weighted by Gasteiger charge is 2.39. The molecule has 1 N–H and O–H groups in total. The van der Waals surface area contributed by atoms with Gasteiger partial charge in [0.25, 0.3) is 0 Å². The molecule has 1 saturated heterocycles. The number of likely N-dealkylation sites (tertiary alicyclic amines) is 1. The summed E-state index contributed by atoms with van der Waals surface area (Å²) in [6.07, 6.45) is 2.03. The first-order valence-corrected chi connectivity index (χ1v) is 7.20. The van der Waals surface area contributed by atoms with E-state index < -0.39 is 5.41 Å². The van der Waals surface area contributed by atoms with Crippen LogP contribution in [0, 0.1) is 5.41 Å². The third kappa shape index (κ3) is 3.35. The molecule has 2 amide bonds. The summed E-state index contributed by atoms with van der Waals surface area (Å²) in [5, 5.41) is 2.79. The average molecular weight is 290 g/mol. The Morgan fingerprint density at radius 3 is 2.52 bits per heavy atom. The molecular weight excluding hydrogens is 268 g/mol. The van der Waals surface area contributed by atoms with Crippen LogP contribution >= 0.6 is 0 Å². The molecule has 0 aromatic heterocycles. The van der Waals surface area contributed by atoms with Crippen LogP contribution in [-0.2, 0) is 9.59 Å². The number of rotatable bonds is 4. The zero-order valence-electron chi connectivity index (χ0n) is 12.8. The van der Waals surface area contributed by atoms with E-state index >= 15 is 0 Å². The smallest absolute Gasteiger partial charge is 0.239 e. The molecule has 2 rings (SSSR count). The minimum atomic E-state index is -1.08. The van der Waals surface area contributed by atoms with Gasteiger partial charge in [-0.1, -0.05) is 6.07 Å². The van der Waals surface area contributed by atoms with E-state index in [2.05, 4.69) is 5.32 Å². The number of anilines is 1. The Kier molecular flexibility index (Phi) is 4.50. The van der Waals surface area contributed by atoms with Crippen LogP contribution in [0.4, 0.5) is 5.69 Å². The maximum Gasteiger partial charge on any atom is 0.239 e. The van der Waals surface area contributed by atoms with Crippen molar-refractivity contribution in [3.63, 3.8) is 0 Å². The lowest BCUT2D eigenvalue weighted by Gasteiger charge is -2.28. The van der Waals surface area contributed by atoms with Crippen LogP contribution in [0.2, 0.25) is 0 Å². The van der Waals surface area contributed by atoms with Crippen molar-refractivity contribution in [2.45, 2.75) is 26.7 Å². The third-order valence-corrected chi connectivity index (χ3v) is 3.82. The number of nitrogens with zero attached hydrogens (tertiary/aromatic N) is 1. The summed E-state index contributed by atoms with van der Waals surface area (Å²) < 4.78 is 5.12. The van der Waals surface area contributed by atoms with Gasteiger partial charge in [-0.15, -0.1) is 0 Å². The van der Waals surface area contributed by atoms with E-state index in [-0.39, 0.29) is 11.8 Å². The molecule has 0 radical (unpaired) electrons. The first-order chi connectivity index (χ1) is 9.95. The van der Waals surface area contributed by atoms with E-state index in [0.29, 0.717) is 11.4 Å². The number of carbonyl (C=O) groups is 2. The molecule has 114 valence electrons. The van der Waals surface area contributed by atoms with Crippen LogP contribution in [0.15, 0.2) is 24.3 Å². The Hall–Kier alpha value is -2.04. The van der Waals surface area contributed by atoms with Crippen LogP contribution < -0.4 is 10.1 Å². The predicted octanol–water partition coefficient (Wildman–Crippen LogP) is 2.28. The second-order valence-electron chi connectivity index (χ2n) is 5.81. The molecule has 1 fully saturated rings. The Morgan fingerprint density at radius 1 is 1.24 bits per heavy atom. The largest absolute Gasteiger partial charge is 0.497 e. The average Bonchev–Trinajstić information content (AvgIpc) is 3.00. The van der Waals surface area contributed by atoms with Crippen molar-refractivity contribution in [3.05, 3.63) is 24.3 Å². The fourth-order valence-electron chi connectivity index (χ4n) is 2.40. The van der Waals surface area contributed by atoms with Gasteiger partial charge in [0.2, 0.25) is 11.8 Å². The van der Waals surface area contributed by atoms with Gasteiger partial charge in [0.05, 0.1) is 7.11 Å². The second kappa shape index (κ2) is 6.16. The zero-order valence-corrected chi connectivity index (χ0v) is 12.8. The minimum absolute atomic E-state index is 0.111. The molecule has 0 unspecified atom stereocenters. The molecule has 0 bridgehead atoms. The molecule has 0 saturated carbocycles. The van der Waals surface area contributed by atoms with Gasteiger partial charge in [0.15, 0.2) is 0 Å². The number of amides is 2. The lowest BCUT2D eigenvalue weighted by Crippen LogP contribution is -2.46. The monoisotopic (exact) mass is 290 g/mol. The van der Waals surface area contributed by atoms with Crippen LogP contribution in [-0.4, -0.2) is 36.9 Å². The van der Waals surface area contributed by atoms with Crippen molar-refractivity contribution in [2.75, 3.05) is 25.5 Å². The van der Waals surface area contributed by atoms with Gasteiger partial charge in [0, 0.05) is 24.8 Å². The maximum absolute atomic E-state index is 12.5. The Morgan fingerprint density at radius 2 is 1.90 bits per heavy atom. The lowest BCUT2D eigenvalue weighted by molar-refractivity contribution is -0.145. The molecule has 5 nitrogen and oxygen atoms in total. The number of hydrogen-bond donors (Lipinski definition) is 1. The van der Waals surface area contributed by atoms with E-state index in [9.17, 15) is 9.59 Å². The first-order valence-electron chi connectivity index (χ1n) is 7.20. The number of benzene rings is 1. The molecule has 5 heteroatoms. The number of hydrogen-bond acceptors (Lipinski definition) is 3. The van der Waals surface area contributed by atoms with E-state index in [0.717, 1.165) is 25.9 Å². The summed E-state index contributed by atoms with van der Waals surface area (Å²) in [5.41, 5.74) is -0.449. The van der Waals surface area contributed by atoms with Crippen molar-refractivity contribution in [2.24, 2.45) is 5.41 Å². The minimum Gasteiger partial charge on any atom is -0.497 e. The van der Waals surface area contributed by atoms with Gasteiger partial charge in [-0.25, -0.2) is 0 Å². The standard InChI is InChI=1S/C16H22N2O3/c1-16(2,15(20)18-9-4-5-10-18)14(19)17-12-7-6-8-13(11-12)21-3/h6-8,11H,4-5,9-10H2,1-3H3,(H,17,19). The van der Waals surface area contributed by atoms with Gasteiger partial charge in [-0.05, 0) is 38.8 Å². The summed E-state index contributed by atoms with van der Waals surface area (Å²) in [7, 11) is 1.57. The summed E-state index contributed by atoms with van der Waals surface area (Å²) in [5.74, 6) is 0.254. The van der Waals surface area contributed by atoms with Gasteiger partial charge in [-0.3, -0.25) is 9.59 Å². The first kappa shape index (κ1) is 15.4. The van der Waals surface area contributed by atoms with Gasteiger partial charge in [-0.2, -0.15) is 0 Å². The van der Waals surface area contributed by atoms with Gasteiger partial charge in [0.1, 0.15) is 11.2 Å². The number of nitrogens with one attached hydrogen (secondary N) is 1. The van der Waals surface area contributed by atoms with Crippen molar-refractivity contribution < 1.29 is 14.3 Å². The molecule has 1 aliphatic heterocycles. The van der Waals surface area contributed by atoms with Gasteiger partial charge < -0.3 is 15.0 Å². The summed E-state index contributed by atoms with van der Waals surface area (Å²) in [6, 6.07) is 7.10. The Labute approximate surface area is 125 Å². The summed E-state index contributed by atoms with van der Waals surface area (Å²) >= 11 is 0. The van der Waals surface area contributed by atoms with E-state index in [1.54, 1.807) is 50.1 Å². The Balaban J connectivity index is 2.08. The van der Waals surface area contributed by atoms with Crippen LogP contribution in [0.1, 0.15) is 26.7 Å². The SMILES string of the molecule is COc1cccc(NC(=O)C(C)(C)C(=O)N2CCCC2)c1. The number of methoxy groups -OCH3 is 1. The topological polar surface area (TPSA) is 58.6 Å². The molecule has 0 spiro atoms. The van der Waals surface area contributed by atoms with E-state index in [4.69, 9.17) is 4.74 Å². The van der Waals surface area contributed by atoms with Crippen LogP contribution in [0.5, 0.6) is 5.75 Å². The van der Waals surface area contributed by atoms with Gasteiger partial charge >= 0.3 is 0 Å². The third-order valence-electron chi connectivity index (χ3n) is 3.82. The van der Waals surface area contributed by atoms with Crippen LogP contribution in [0.3, 0.4) is 0 Å². The quantitative estimate of drug-likeness (QED) is 0.866. The highest BCUT2D eigenvalue weighted by atomic mass is 16.5. The Bertz CT molecular complexity index is 534. The maximum atomic E-state index is 12.5. The molecular formula is C16H22N2O3. The van der Waals surface area contributed by atoms with Crippen molar-refractivity contribution >= 4 is 17.5 Å². The van der Waals surface area contributed by atoms with Crippen molar-refractivity contribution in [1.29, 1.82) is 0 Å². The molecule has 21 heavy (non-hydrogen) atoms. The van der Waals surface area contributed by atoms with E-state index in [1.165, 1.54) is 0 Å². The molecule has 1 aromatic carbocycles. The molecule has 0 atom stereocenters. The fraction of sp³-hybridized carbons (Fsp3) is 0.500. The van der Waals surface area contributed by atoms with Crippen LogP contribution in [0.25, 0.3) is 0 Å². The zero-order chi connectivity index (χ0) is 15.5. The molecule has 1 aliphatic rings. The number of carbonyl (C=O) groups excluding carboxylic acids is 2.